The molecular formula is C17H26N2O. The molecule has 0 bridgehead atoms. The second-order valence-corrected chi connectivity index (χ2v) is 5.59. The van der Waals surface area contributed by atoms with E-state index in [0.717, 1.165) is 32.8 Å². The van der Waals surface area contributed by atoms with Gasteiger partial charge < -0.3 is 14.6 Å². The minimum absolute atomic E-state index is 0.682. The fraction of sp³-hybridized carbons (Fsp3) is 0.529. The molecule has 0 unspecified atom stereocenters. The molecule has 0 spiro atoms. The highest BCUT2D eigenvalue weighted by atomic mass is 16.5. The molecule has 0 atom stereocenters. The number of nitrogens with zero attached hydrogens (tertiary/aromatic N) is 1. The molecule has 0 fully saturated rings. The van der Waals surface area contributed by atoms with Gasteiger partial charge in [0.25, 0.3) is 0 Å². The largest absolute Gasteiger partial charge is 0.380 e. The van der Waals surface area contributed by atoms with Gasteiger partial charge in [-0.25, -0.2) is 0 Å². The van der Waals surface area contributed by atoms with Crippen LogP contribution in [0.3, 0.4) is 0 Å². The summed E-state index contributed by atoms with van der Waals surface area (Å²) in [5, 5.41) is 4.88. The third kappa shape index (κ3) is 3.84. The third-order valence-corrected chi connectivity index (χ3v) is 3.42. The van der Waals surface area contributed by atoms with Crippen LogP contribution in [0.15, 0.2) is 30.5 Å². The van der Waals surface area contributed by atoms with Gasteiger partial charge in [-0.1, -0.05) is 32.0 Å². The standard InChI is InChI=1S/C17H26N2O/c1-4-20-10-9-19-13-15(12-18-11-14(2)3)16-7-5-6-8-17(16)19/h5-8,13-14,18H,4,9-12H2,1-3H3. The van der Waals surface area contributed by atoms with Crippen molar-refractivity contribution in [2.45, 2.75) is 33.9 Å². The Balaban J connectivity index is 2.13. The molecule has 3 heteroatoms. The molecule has 110 valence electrons. The van der Waals surface area contributed by atoms with Crippen LogP contribution in [0.2, 0.25) is 0 Å². The van der Waals surface area contributed by atoms with E-state index in [-0.39, 0.29) is 0 Å². The van der Waals surface area contributed by atoms with Gasteiger partial charge in [-0.05, 0) is 31.0 Å². The van der Waals surface area contributed by atoms with E-state index in [2.05, 4.69) is 54.2 Å². The summed E-state index contributed by atoms with van der Waals surface area (Å²) in [4.78, 5) is 0. The molecule has 1 aromatic heterocycles. The summed E-state index contributed by atoms with van der Waals surface area (Å²) >= 11 is 0. The van der Waals surface area contributed by atoms with E-state index >= 15 is 0 Å². The van der Waals surface area contributed by atoms with Crippen LogP contribution < -0.4 is 5.32 Å². The molecule has 0 aliphatic rings. The topological polar surface area (TPSA) is 26.2 Å². The van der Waals surface area contributed by atoms with Gasteiger partial charge in [-0.2, -0.15) is 0 Å². The van der Waals surface area contributed by atoms with E-state index in [4.69, 9.17) is 4.74 Å². The predicted molar refractivity (Wildman–Crippen MR) is 85.0 cm³/mol. The summed E-state index contributed by atoms with van der Waals surface area (Å²) in [6.07, 6.45) is 2.26. The van der Waals surface area contributed by atoms with E-state index < -0.39 is 0 Å². The number of rotatable bonds is 8. The zero-order valence-electron chi connectivity index (χ0n) is 12.9. The normalized spacial score (nSPS) is 11.6. The quantitative estimate of drug-likeness (QED) is 0.746. The van der Waals surface area contributed by atoms with Crippen molar-refractivity contribution in [3.8, 4) is 0 Å². The van der Waals surface area contributed by atoms with Crippen LogP contribution in [0.4, 0.5) is 0 Å². The number of aromatic nitrogens is 1. The lowest BCUT2D eigenvalue weighted by Gasteiger charge is -2.06. The van der Waals surface area contributed by atoms with E-state index in [0.29, 0.717) is 5.92 Å². The van der Waals surface area contributed by atoms with E-state index in [9.17, 15) is 0 Å². The van der Waals surface area contributed by atoms with Gasteiger partial charge in [0, 0.05) is 36.8 Å². The first-order chi connectivity index (χ1) is 9.72. The van der Waals surface area contributed by atoms with Gasteiger partial charge in [0.05, 0.1) is 6.61 Å². The number of para-hydroxylation sites is 1. The molecule has 0 aliphatic carbocycles. The zero-order chi connectivity index (χ0) is 14.4. The van der Waals surface area contributed by atoms with Crippen LogP contribution in [0.1, 0.15) is 26.3 Å². The molecule has 20 heavy (non-hydrogen) atoms. The van der Waals surface area contributed by atoms with Gasteiger partial charge in [-0.3, -0.25) is 0 Å². The lowest BCUT2D eigenvalue weighted by molar-refractivity contribution is 0.140. The Bertz CT molecular complexity index is 531. The summed E-state index contributed by atoms with van der Waals surface area (Å²) in [6, 6.07) is 8.61. The average Bonchev–Trinajstić information content (AvgIpc) is 2.78. The van der Waals surface area contributed by atoms with Gasteiger partial charge >= 0.3 is 0 Å². The molecule has 2 aromatic rings. The number of nitrogens with one attached hydrogen (secondary N) is 1. The first-order valence-corrected chi connectivity index (χ1v) is 7.57. The second-order valence-electron chi connectivity index (χ2n) is 5.59. The van der Waals surface area contributed by atoms with Crippen molar-refractivity contribution in [1.82, 2.24) is 9.88 Å². The Kier molecular flexibility index (Phi) is 5.62. The molecular weight excluding hydrogens is 248 g/mol. The third-order valence-electron chi connectivity index (χ3n) is 3.42. The molecule has 0 aliphatic heterocycles. The Morgan fingerprint density at radius 3 is 2.80 bits per heavy atom. The molecule has 1 aromatic carbocycles. The molecule has 3 nitrogen and oxygen atoms in total. The van der Waals surface area contributed by atoms with Gasteiger partial charge in [0.1, 0.15) is 0 Å². The predicted octanol–water partition coefficient (Wildman–Crippen LogP) is 3.42. The number of fused-ring (bicyclic) bond motifs is 1. The Morgan fingerprint density at radius 1 is 1.25 bits per heavy atom. The highest BCUT2D eigenvalue weighted by Gasteiger charge is 2.07. The first-order valence-electron chi connectivity index (χ1n) is 7.57. The monoisotopic (exact) mass is 274 g/mol. The Morgan fingerprint density at radius 2 is 2.05 bits per heavy atom. The Hall–Kier alpha value is -1.32. The van der Waals surface area contributed by atoms with Crippen LogP contribution in [-0.2, 0) is 17.8 Å². The molecule has 1 heterocycles. The van der Waals surface area contributed by atoms with Gasteiger partial charge in [-0.15, -0.1) is 0 Å². The van der Waals surface area contributed by atoms with Crippen molar-refractivity contribution in [3.05, 3.63) is 36.0 Å². The van der Waals surface area contributed by atoms with Crippen LogP contribution in [0.5, 0.6) is 0 Å². The maximum atomic E-state index is 5.47. The molecule has 0 saturated heterocycles. The van der Waals surface area contributed by atoms with Crippen molar-refractivity contribution >= 4 is 10.9 Å². The number of ether oxygens (including phenoxy) is 1. The van der Waals surface area contributed by atoms with Crippen molar-refractivity contribution in [2.24, 2.45) is 5.92 Å². The van der Waals surface area contributed by atoms with Crippen molar-refractivity contribution in [3.63, 3.8) is 0 Å². The van der Waals surface area contributed by atoms with E-state index in [1.54, 1.807) is 0 Å². The number of hydrogen-bond donors (Lipinski definition) is 1. The number of hydrogen-bond acceptors (Lipinski definition) is 2. The zero-order valence-corrected chi connectivity index (χ0v) is 12.9. The van der Waals surface area contributed by atoms with Crippen LogP contribution >= 0.6 is 0 Å². The minimum atomic E-state index is 0.682. The van der Waals surface area contributed by atoms with E-state index in [1.807, 2.05) is 6.92 Å². The lowest BCUT2D eigenvalue weighted by atomic mass is 10.1. The summed E-state index contributed by atoms with van der Waals surface area (Å²) in [5.41, 5.74) is 2.67. The second kappa shape index (κ2) is 7.46. The highest BCUT2D eigenvalue weighted by Crippen LogP contribution is 2.21. The Labute approximate surface area is 121 Å². The van der Waals surface area contributed by atoms with Crippen molar-refractivity contribution < 1.29 is 4.74 Å². The van der Waals surface area contributed by atoms with Crippen LogP contribution in [-0.4, -0.2) is 24.3 Å². The summed E-state index contributed by atoms with van der Waals surface area (Å²) in [6.45, 7) is 11.0. The smallest absolute Gasteiger partial charge is 0.0645 e. The first kappa shape index (κ1) is 15.1. The fourth-order valence-corrected chi connectivity index (χ4v) is 2.45. The summed E-state index contributed by atoms with van der Waals surface area (Å²) in [5.74, 6) is 0.682. The maximum Gasteiger partial charge on any atom is 0.0645 e. The summed E-state index contributed by atoms with van der Waals surface area (Å²) in [7, 11) is 0. The summed E-state index contributed by atoms with van der Waals surface area (Å²) < 4.78 is 7.77. The number of benzene rings is 1. The van der Waals surface area contributed by atoms with E-state index in [1.165, 1.54) is 16.5 Å². The molecule has 0 saturated carbocycles. The highest BCUT2D eigenvalue weighted by molar-refractivity contribution is 5.83. The van der Waals surface area contributed by atoms with Crippen molar-refractivity contribution in [1.29, 1.82) is 0 Å². The molecule has 1 N–H and O–H groups in total. The molecule has 0 amide bonds. The van der Waals surface area contributed by atoms with Gasteiger partial charge in [0.15, 0.2) is 0 Å². The SMILES string of the molecule is CCOCCn1cc(CNCC(C)C)c2ccccc21. The average molecular weight is 274 g/mol. The maximum absolute atomic E-state index is 5.47. The lowest BCUT2D eigenvalue weighted by Crippen LogP contribution is -2.18. The fourth-order valence-electron chi connectivity index (χ4n) is 2.45. The van der Waals surface area contributed by atoms with Crippen LogP contribution in [0, 0.1) is 5.92 Å². The molecule has 2 rings (SSSR count). The minimum Gasteiger partial charge on any atom is -0.380 e. The molecule has 0 radical (unpaired) electrons. The van der Waals surface area contributed by atoms with Crippen molar-refractivity contribution in [2.75, 3.05) is 19.8 Å². The van der Waals surface area contributed by atoms with Gasteiger partial charge in [0.2, 0.25) is 0 Å². The van der Waals surface area contributed by atoms with Crippen LogP contribution in [0.25, 0.3) is 10.9 Å².